The Labute approximate surface area is 153 Å². The molecule has 3 rings (SSSR count). The van der Waals surface area contributed by atoms with Gasteiger partial charge in [0.15, 0.2) is 0 Å². The average molecular weight is 350 g/mol. The molecule has 1 amide bonds. The van der Waals surface area contributed by atoms with Crippen molar-refractivity contribution < 1.29 is 4.79 Å². The number of carbonyl (C=O) groups excluding carboxylic acids is 1. The van der Waals surface area contributed by atoms with Gasteiger partial charge in [-0.25, -0.2) is 0 Å². The molecule has 0 fully saturated rings. The van der Waals surface area contributed by atoms with Crippen LogP contribution in [0.2, 0.25) is 5.02 Å². The fourth-order valence-electron chi connectivity index (χ4n) is 2.76. The summed E-state index contributed by atoms with van der Waals surface area (Å²) in [6, 6.07) is 25.5. The number of hydrogen-bond donors (Lipinski definition) is 1. The number of aryl methyl sites for hydroxylation is 1. The Morgan fingerprint density at radius 1 is 0.880 bits per heavy atom. The number of benzene rings is 3. The van der Waals surface area contributed by atoms with Gasteiger partial charge in [0.1, 0.15) is 0 Å². The molecule has 3 aromatic carbocycles. The largest absolute Gasteiger partial charge is 0.345 e. The molecular formula is C22H20ClNO. The van der Waals surface area contributed by atoms with Gasteiger partial charge >= 0.3 is 0 Å². The summed E-state index contributed by atoms with van der Waals surface area (Å²) in [6.45, 7) is 2.06. The molecule has 3 heteroatoms. The lowest BCUT2D eigenvalue weighted by Gasteiger charge is -2.20. The first kappa shape index (κ1) is 17.2. The first-order chi connectivity index (χ1) is 12.1. The van der Waals surface area contributed by atoms with E-state index < -0.39 is 0 Å². The Bertz CT molecular complexity index is 826. The fourth-order valence-corrected chi connectivity index (χ4v) is 2.89. The minimum atomic E-state index is -0.165. The van der Waals surface area contributed by atoms with E-state index in [0.29, 0.717) is 11.4 Å². The highest BCUT2D eigenvalue weighted by atomic mass is 35.5. The van der Waals surface area contributed by atoms with Crippen molar-refractivity contribution in [2.24, 2.45) is 0 Å². The highest BCUT2D eigenvalue weighted by Crippen LogP contribution is 2.22. The summed E-state index contributed by atoms with van der Waals surface area (Å²) in [6.07, 6.45) is 0.326. The number of rotatable bonds is 5. The lowest BCUT2D eigenvalue weighted by atomic mass is 9.97. The molecule has 3 aromatic rings. The monoisotopic (exact) mass is 349 g/mol. The van der Waals surface area contributed by atoms with E-state index in [-0.39, 0.29) is 11.9 Å². The summed E-state index contributed by atoms with van der Waals surface area (Å²) in [5, 5.41) is 3.83. The van der Waals surface area contributed by atoms with Crippen molar-refractivity contribution in [1.82, 2.24) is 5.32 Å². The number of hydrogen-bond acceptors (Lipinski definition) is 1. The third-order valence-corrected chi connectivity index (χ3v) is 4.38. The second-order valence-electron chi connectivity index (χ2n) is 6.13. The van der Waals surface area contributed by atoms with Gasteiger partial charge in [-0.3, -0.25) is 4.79 Å². The molecule has 0 saturated heterocycles. The van der Waals surface area contributed by atoms with Gasteiger partial charge in [-0.1, -0.05) is 83.9 Å². The molecule has 0 heterocycles. The highest BCUT2D eigenvalue weighted by Gasteiger charge is 2.16. The van der Waals surface area contributed by atoms with Crippen molar-refractivity contribution in [3.63, 3.8) is 0 Å². The average Bonchev–Trinajstić information content (AvgIpc) is 2.63. The minimum absolute atomic E-state index is 0.0169. The SMILES string of the molecule is Cc1ccc(C(NC(=O)Cc2ccc(Cl)cc2)c2ccccc2)cc1. The molecule has 0 spiro atoms. The Kier molecular flexibility index (Phi) is 5.52. The maximum atomic E-state index is 12.6. The van der Waals surface area contributed by atoms with Crippen LogP contribution in [0.5, 0.6) is 0 Å². The number of nitrogens with one attached hydrogen (secondary N) is 1. The van der Waals surface area contributed by atoms with Crippen LogP contribution < -0.4 is 5.32 Å². The van der Waals surface area contributed by atoms with E-state index in [1.165, 1.54) is 5.56 Å². The molecule has 0 aliphatic heterocycles. The van der Waals surface area contributed by atoms with E-state index in [0.717, 1.165) is 16.7 Å². The topological polar surface area (TPSA) is 29.1 Å². The summed E-state index contributed by atoms with van der Waals surface area (Å²) in [7, 11) is 0. The van der Waals surface area contributed by atoms with Crippen molar-refractivity contribution in [2.75, 3.05) is 0 Å². The standard InChI is InChI=1S/C22H20ClNO/c1-16-7-11-19(12-8-16)22(18-5-3-2-4-6-18)24-21(25)15-17-9-13-20(23)14-10-17/h2-14,22H,15H2,1H3,(H,24,25). The Balaban J connectivity index is 1.81. The van der Waals surface area contributed by atoms with E-state index in [4.69, 9.17) is 11.6 Å². The molecule has 1 N–H and O–H groups in total. The van der Waals surface area contributed by atoms with Crippen LogP contribution in [0.25, 0.3) is 0 Å². The van der Waals surface area contributed by atoms with Crippen LogP contribution in [-0.4, -0.2) is 5.91 Å². The fraction of sp³-hybridized carbons (Fsp3) is 0.136. The predicted octanol–water partition coefficient (Wildman–Crippen LogP) is 5.10. The predicted molar refractivity (Wildman–Crippen MR) is 103 cm³/mol. The third kappa shape index (κ3) is 4.71. The summed E-state index contributed by atoms with van der Waals surface area (Å²) >= 11 is 5.90. The van der Waals surface area contributed by atoms with E-state index in [1.807, 2.05) is 42.5 Å². The molecule has 1 atom stereocenters. The third-order valence-electron chi connectivity index (χ3n) is 4.13. The maximum Gasteiger partial charge on any atom is 0.225 e. The van der Waals surface area contributed by atoms with Gasteiger partial charge in [0.25, 0.3) is 0 Å². The van der Waals surface area contributed by atoms with E-state index >= 15 is 0 Å². The Morgan fingerprint density at radius 2 is 1.48 bits per heavy atom. The van der Waals surface area contributed by atoms with Crippen LogP contribution in [0, 0.1) is 6.92 Å². The van der Waals surface area contributed by atoms with Gasteiger partial charge in [-0.15, -0.1) is 0 Å². The van der Waals surface area contributed by atoms with Crippen molar-refractivity contribution in [3.8, 4) is 0 Å². The number of halogens is 1. The molecule has 1 unspecified atom stereocenters. The molecule has 0 radical (unpaired) electrons. The van der Waals surface area contributed by atoms with E-state index in [1.54, 1.807) is 12.1 Å². The van der Waals surface area contributed by atoms with Crippen molar-refractivity contribution in [1.29, 1.82) is 0 Å². The van der Waals surface area contributed by atoms with Crippen LogP contribution in [-0.2, 0) is 11.2 Å². The van der Waals surface area contributed by atoms with Gasteiger partial charge < -0.3 is 5.32 Å². The maximum absolute atomic E-state index is 12.6. The zero-order valence-corrected chi connectivity index (χ0v) is 14.8. The van der Waals surface area contributed by atoms with Crippen molar-refractivity contribution >= 4 is 17.5 Å². The van der Waals surface area contributed by atoms with Crippen LogP contribution >= 0.6 is 11.6 Å². The molecule has 0 bridgehead atoms. The Hall–Kier alpha value is -2.58. The Morgan fingerprint density at radius 3 is 2.12 bits per heavy atom. The lowest BCUT2D eigenvalue weighted by molar-refractivity contribution is -0.120. The lowest BCUT2D eigenvalue weighted by Crippen LogP contribution is -2.30. The molecule has 0 aromatic heterocycles. The summed E-state index contributed by atoms with van der Waals surface area (Å²) in [5.74, 6) is -0.0169. The minimum Gasteiger partial charge on any atom is -0.345 e. The van der Waals surface area contributed by atoms with Gasteiger partial charge in [0.2, 0.25) is 5.91 Å². The smallest absolute Gasteiger partial charge is 0.225 e. The van der Waals surface area contributed by atoms with Crippen LogP contribution in [0.1, 0.15) is 28.3 Å². The van der Waals surface area contributed by atoms with Crippen LogP contribution in [0.15, 0.2) is 78.9 Å². The summed E-state index contributed by atoms with van der Waals surface area (Å²) in [4.78, 5) is 12.6. The first-order valence-corrected chi connectivity index (χ1v) is 8.65. The molecule has 126 valence electrons. The number of amides is 1. The molecular weight excluding hydrogens is 330 g/mol. The van der Waals surface area contributed by atoms with E-state index in [2.05, 4.69) is 36.5 Å². The van der Waals surface area contributed by atoms with E-state index in [9.17, 15) is 4.79 Å². The normalized spacial score (nSPS) is 11.8. The summed E-state index contributed by atoms with van der Waals surface area (Å²) in [5.41, 5.74) is 4.28. The number of carbonyl (C=O) groups is 1. The first-order valence-electron chi connectivity index (χ1n) is 8.27. The summed E-state index contributed by atoms with van der Waals surface area (Å²) < 4.78 is 0. The van der Waals surface area contributed by atoms with Gasteiger partial charge in [0.05, 0.1) is 12.5 Å². The highest BCUT2D eigenvalue weighted by molar-refractivity contribution is 6.30. The molecule has 0 saturated carbocycles. The van der Waals surface area contributed by atoms with Gasteiger partial charge in [0, 0.05) is 5.02 Å². The quantitative estimate of drug-likeness (QED) is 0.682. The van der Waals surface area contributed by atoms with Crippen LogP contribution in [0.3, 0.4) is 0 Å². The molecule has 2 nitrogen and oxygen atoms in total. The second kappa shape index (κ2) is 8.00. The zero-order chi connectivity index (χ0) is 17.6. The zero-order valence-electron chi connectivity index (χ0n) is 14.1. The molecule has 0 aliphatic rings. The molecule has 0 aliphatic carbocycles. The van der Waals surface area contributed by atoms with Crippen molar-refractivity contribution in [2.45, 2.75) is 19.4 Å². The van der Waals surface area contributed by atoms with Gasteiger partial charge in [-0.05, 0) is 35.7 Å². The molecule has 25 heavy (non-hydrogen) atoms. The van der Waals surface area contributed by atoms with Crippen molar-refractivity contribution in [3.05, 3.63) is 106 Å². The van der Waals surface area contributed by atoms with Crippen LogP contribution in [0.4, 0.5) is 0 Å². The van der Waals surface area contributed by atoms with Gasteiger partial charge in [-0.2, -0.15) is 0 Å². The second-order valence-corrected chi connectivity index (χ2v) is 6.56.